The number of hydrogen-bond acceptors (Lipinski definition) is 3. The SMILES string of the molecule is NC(CC(=O)NC1CCN2CCCC2C1)C1CC1. The largest absolute Gasteiger partial charge is 0.353 e. The van der Waals surface area contributed by atoms with Crippen LogP contribution in [0.1, 0.15) is 44.9 Å². The van der Waals surface area contributed by atoms with Gasteiger partial charge in [0.1, 0.15) is 0 Å². The summed E-state index contributed by atoms with van der Waals surface area (Å²) in [7, 11) is 0. The summed E-state index contributed by atoms with van der Waals surface area (Å²) in [5, 5.41) is 3.20. The summed E-state index contributed by atoms with van der Waals surface area (Å²) in [6.07, 6.45) is 7.86. The van der Waals surface area contributed by atoms with Crippen LogP contribution in [0.2, 0.25) is 0 Å². The van der Waals surface area contributed by atoms with Crippen LogP contribution < -0.4 is 11.1 Å². The lowest BCUT2D eigenvalue weighted by Crippen LogP contribution is -2.48. The van der Waals surface area contributed by atoms with E-state index in [1.807, 2.05) is 0 Å². The van der Waals surface area contributed by atoms with Crippen LogP contribution in [0.25, 0.3) is 0 Å². The zero-order valence-corrected chi connectivity index (χ0v) is 11.1. The summed E-state index contributed by atoms with van der Waals surface area (Å²) in [5.41, 5.74) is 6.00. The average Bonchev–Trinajstić information content (AvgIpc) is 3.08. The molecule has 3 atom stereocenters. The summed E-state index contributed by atoms with van der Waals surface area (Å²) >= 11 is 0. The second-order valence-electron chi connectivity index (χ2n) is 6.33. The van der Waals surface area contributed by atoms with Crippen molar-refractivity contribution in [3.8, 4) is 0 Å². The summed E-state index contributed by atoms with van der Waals surface area (Å²) in [5.74, 6) is 0.790. The van der Waals surface area contributed by atoms with Gasteiger partial charge in [-0.15, -0.1) is 0 Å². The van der Waals surface area contributed by atoms with Crippen molar-refractivity contribution in [1.29, 1.82) is 0 Å². The van der Waals surface area contributed by atoms with Gasteiger partial charge < -0.3 is 16.0 Å². The number of carbonyl (C=O) groups is 1. The first-order valence-corrected chi connectivity index (χ1v) is 7.51. The molecule has 4 heteroatoms. The number of nitrogens with zero attached hydrogens (tertiary/aromatic N) is 1. The topological polar surface area (TPSA) is 58.4 Å². The highest BCUT2D eigenvalue weighted by Crippen LogP contribution is 2.33. The maximum absolute atomic E-state index is 11.9. The molecule has 3 unspecified atom stereocenters. The van der Waals surface area contributed by atoms with Gasteiger partial charge in [-0.1, -0.05) is 0 Å². The lowest BCUT2D eigenvalue weighted by atomic mass is 9.97. The molecule has 0 bridgehead atoms. The van der Waals surface area contributed by atoms with Crippen LogP contribution in [0.15, 0.2) is 0 Å². The number of amides is 1. The van der Waals surface area contributed by atoms with Gasteiger partial charge in [-0.3, -0.25) is 4.79 Å². The Hall–Kier alpha value is -0.610. The molecule has 2 saturated heterocycles. The molecule has 1 aliphatic carbocycles. The Morgan fingerprint density at radius 2 is 2.11 bits per heavy atom. The van der Waals surface area contributed by atoms with E-state index in [1.54, 1.807) is 0 Å². The van der Waals surface area contributed by atoms with Gasteiger partial charge in [0.25, 0.3) is 0 Å². The molecule has 3 N–H and O–H groups in total. The number of rotatable bonds is 4. The third-order valence-electron chi connectivity index (χ3n) is 4.83. The first kappa shape index (κ1) is 12.4. The summed E-state index contributed by atoms with van der Waals surface area (Å²) in [6.45, 7) is 2.42. The van der Waals surface area contributed by atoms with Crippen LogP contribution in [0.5, 0.6) is 0 Å². The van der Waals surface area contributed by atoms with Crippen molar-refractivity contribution in [2.75, 3.05) is 13.1 Å². The molecular formula is C14H25N3O. The maximum atomic E-state index is 11.9. The van der Waals surface area contributed by atoms with Crippen molar-refractivity contribution in [2.45, 2.75) is 63.1 Å². The maximum Gasteiger partial charge on any atom is 0.221 e. The molecule has 0 spiro atoms. The second kappa shape index (κ2) is 5.17. The Morgan fingerprint density at radius 3 is 2.89 bits per heavy atom. The molecule has 102 valence electrons. The molecule has 0 aromatic heterocycles. The van der Waals surface area contributed by atoms with Crippen molar-refractivity contribution < 1.29 is 4.79 Å². The molecule has 2 heterocycles. The third kappa shape index (κ3) is 2.86. The number of fused-ring (bicyclic) bond motifs is 1. The van der Waals surface area contributed by atoms with Crippen LogP contribution in [0, 0.1) is 5.92 Å². The zero-order chi connectivity index (χ0) is 12.5. The van der Waals surface area contributed by atoms with Crippen molar-refractivity contribution in [3.05, 3.63) is 0 Å². The predicted octanol–water partition coefficient (Wildman–Crippen LogP) is 0.857. The van der Waals surface area contributed by atoms with E-state index < -0.39 is 0 Å². The molecule has 3 fully saturated rings. The Balaban J connectivity index is 1.43. The molecule has 18 heavy (non-hydrogen) atoms. The van der Waals surface area contributed by atoms with Gasteiger partial charge in [0.2, 0.25) is 5.91 Å². The Kier molecular flexibility index (Phi) is 3.57. The van der Waals surface area contributed by atoms with Gasteiger partial charge in [0, 0.05) is 31.1 Å². The van der Waals surface area contributed by atoms with Crippen LogP contribution in [0.4, 0.5) is 0 Å². The van der Waals surface area contributed by atoms with Crippen molar-refractivity contribution in [1.82, 2.24) is 10.2 Å². The molecule has 0 radical (unpaired) electrons. The van der Waals surface area contributed by atoms with E-state index in [0.717, 1.165) is 25.4 Å². The average molecular weight is 251 g/mol. The van der Waals surface area contributed by atoms with Crippen LogP contribution in [-0.4, -0.2) is 42.0 Å². The Morgan fingerprint density at radius 1 is 1.28 bits per heavy atom. The number of hydrogen-bond donors (Lipinski definition) is 2. The van der Waals surface area contributed by atoms with E-state index in [4.69, 9.17) is 5.73 Å². The van der Waals surface area contributed by atoms with Crippen molar-refractivity contribution in [3.63, 3.8) is 0 Å². The molecule has 2 aliphatic heterocycles. The normalized spacial score (nSPS) is 34.1. The minimum absolute atomic E-state index is 0.0940. The molecule has 0 aromatic carbocycles. The van der Waals surface area contributed by atoms with Gasteiger partial charge in [0.15, 0.2) is 0 Å². The molecule has 3 rings (SSSR count). The Bertz CT molecular complexity index is 316. The lowest BCUT2D eigenvalue weighted by molar-refractivity contribution is -0.122. The molecule has 1 amide bonds. The first-order valence-electron chi connectivity index (χ1n) is 7.51. The second-order valence-corrected chi connectivity index (χ2v) is 6.33. The number of piperidine rings is 1. The molecular weight excluding hydrogens is 226 g/mol. The minimum atomic E-state index is 0.0940. The highest BCUT2D eigenvalue weighted by atomic mass is 16.1. The summed E-state index contributed by atoms with van der Waals surface area (Å²) < 4.78 is 0. The summed E-state index contributed by atoms with van der Waals surface area (Å²) in [4.78, 5) is 14.5. The zero-order valence-electron chi connectivity index (χ0n) is 11.1. The first-order chi connectivity index (χ1) is 8.72. The van der Waals surface area contributed by atoms with E-state index in [9.17, 15) is 4.79 Å². The van der Waals surface area contributed by atoms with E-state index >= 15 is 0 Å². The van der Waals surface area contributed by atoms with Gasteiger partial charge in [0.05, 0.1) is 0 Å². The molecule has 1 saturated carbocycles. The van der Waals surface area contributed by atoms with Crippen LogP contribution >= 0.6 is 0 Å². The molecule has 3 aliphatic rings. The Labute approximate surface area is 109 Å². The fourth-order valence-corrected chi connectivity index (χ4v) is 3.55. The number of carbonyl (C=O) groups excluding carboxylic acids is 1. The van der Waals surface area contributed by atoms with Crippen molar-refractivity contribution >= 4 is 5.91 Å². The van der Waals surface area contributed by atoms with Crippen molar-refractivity contribution in [2.24, 2.45) is 11.7 Å². The highest BCUT2D eigenvalue weighted by Gasteiger charge is 2.33. The number of nitrogens with one attached hydrogen (secondary N) is 1. The van der Waals surface area contributed by atoms with Gasteiger partial charge in [-0.05, 0) is 51.0 Å². The van der Waals surface area contributed by atoms with E-state index in [2.05, 4.69) is 10.2 Å². The highest BCUT2D eigenvalue weighted by molar-refractivity contribution is 5.77. The van der Waals surface area contributed by atoms with E-state index in [0.29, 0.717) is 18.4 Å². The fraction of sp³-hybridized carbons (Fsp3) is 0.929. The quantitative estimate of drug-likeness (QED) is 0.779. The fourth-order valence-electron chi connectivity index (χ4n) is 3.55. The third-order valence-corrected chi connectivity index (χ3v) is 4.83. The van der Waals surface area contributed by atoms with E-state index in [1.165, 1.54) is 32.2 Å². The monoisotopic (exact) mass is 251 g/mol. The number of nitrogens with two attached hydrogens (primary N) is 1. The van der Waals surface area contributed by atoms with Gasteiger partial charge >= 0.3 is 0 Å². The predicted molar refractivity (Wildman–Crippen MR) is 71.1 cm³/mol. The minimum Gasteiger partial charge on any atom is -0.353 e. The molecule has 0 aromatic rings. The summed E-state index contributed by atoms with van der Waals surface area (Å²) in [6, 6.07) is 1.21. The van der Waals surface area contributed by atoms with Crippen LogP contribution in [-0.2, 0) is 4.79 Å². The lowest BCUT2D eigenvalue weighted by Gasteiger charge is -2.35. The van der Waals surface area contributed by atoms with E-state index in [-0.39, 0.29) is 11.9 Å². The van der Waals surface area contributed by atoms with Gasteiger partial charge in [-0.25, -0.2) is 0 Å². The molecule has 4 nitrogen and oxygen atoms in total. The van der Waals surface area contributed by atoms with Gasteiger partial charge in [-0.2, -0.15) is 0 Å². The smallest absolute Gasteiger partial charge is 0.221 e. The van der Waals surface area contributed by atoms with Crippen LogP contribution in [0.3, 0.4) is 0 Å². The standard InChI is InChI=1S/C14H25N3O/c15-13(10-3-4-10)9-14(18)16-11-5-7-17-6-1-2-12(17)8-11/h10-13H,1-9,15H2,(H,16,18).